The summed E-state index contributed by atoms with van der Waals surface area (Å²) < 4.78 is 2.24. The van der Waals surface area contributed by atoms with Crippen LogP contribution in [0.3, 0.4) is 0 Å². The van der Waals surface area contributed by atoms with Crippen LogP contribution in [0.15, 0.2) is 11.6 Å². The second kappa shape index (κ2) is 3.22. The normalized spacial score (nSPS) is 34.5. The molecule has 0 fully saturated rings. The highest BCUT2D eigenvalue weighted by molar-refractivity contribution is 7.59. The van der Waals surface area contributed by atoms with Gasteiger partial charge in [0.25, 0.3) is 0 Å². The molecule has 1 aliphatic carbocycles. The van der Waals surface area contributed by atoms with Crippen molar-refractivity contribution >= 4 is 14.1 Å². The fourth-order valence-corrected chi connectivity index (χ4v) is 4.13. The Morgan fingerprint density at radius 2 is 2.50 bits per heavy atom. The Morgan fingerprint density at radius 3 is 3.33 bits per heavy atom. The number of fused-ring (bicyclic) bond motifs is 1. The van der Waals surface area contributed by atoms with Crippen LogP contribution in [-0.2, 0) is 0 Å². The predicted octanol–water partition coefficient (Wildman–Crippen LogP) is 2.42. The van der Waals surface area contributed by atoms with Crippen molar-refractivity contribution in [3.63, 3.8) is 0 Å². The van der Waals surface area contributed by atoms with Gasteiger partial charge in [-0.3, -0.25) is 0 Å². The van der Waals surface area contributed by atoms with Crippen molar-refractivity contribution < 1.29 is 4.58 Å². The van der Waals surface area contributed by atoms with Gasteiger partial charge in [0.1, 0.15) is 7.05 Å². The molecule has 0 aromatic rings. The van der Waals surface area contributed by atoms with Crippen LogP contribution in [0.1, 0.15) is 19.3 Å². The summed E-state index contributed by atoms with van der Waals surface area (Å²) in [6.07, 6.45) is 11.2. The van der Waals surface area contributed by atoms with E-state index >= 15 is 0 Å². The van der Waals surface area contributed by atoms with Gasteiger partial charge in [0.2, 0.25) is 0 Å². The zero-order valence-corrected chi connectivity index (χ0v) is 8.72. The molecule has 2 atom stereocenters. The van der Waals surface area contributed by atoms with Crippen LogP contribution in [0.2, 0.25) is 0 Å². The summed E-state index contributed by atoms with van der Waals surface area (Å²) >= 11 is 0. The molecular formula is C10H16NP. The van der Waals surface area contributed by atoms with Gasteiger partial charge in [0.05, 0.1) is 0 Å². The van der Waals surface area contributed by atoms with E-state index in [4.69, 9.17) is 0 Å². The van der Waals surface area contributed by atoms with Crippen molar-refractivity contribution in [1.29, 1.82) is 0 Å². The summed E-state index contributed by atoms with van der Waals surface area (Å²) in [5.41, 5.74) is 2.48. The Labute approximate surface area is 75.9 Å². The van der Waals surface area contributed by atoms with Crippen LogP contribution >= 0.6 is 7.92 Å². The highest BCUT2D eigenvalue weighted by Crippen LogP contribution is 2.49. The Morgan fingerprint density at radius 1 is 1.67 bits per heavy atom. The van der Waals surface area contributed by atoms with Gasteiger partial charge in [0, 0.05) is 12.5 Å². The van der Waals surface area contributed by atoms with Crippen molar-refractivity contribution in [2.45, 2.75) is 24.9 Å². The maximum atomic E-state index is 2.43. The molecule has 0 amide bonds. The summed E-state index contributed by atoms with van der Waals surface area (Å²) in [5.74, 6) is 0. The molecule has 0 radical (unpaired) electrons. The van der Waals surface area contributed by atoms with E-state index < -0.39 is 0 Å². The van der Waals surface area contributed by atoms with Gasteiger partial charge in [0.15, 0.2) is 0 Å². The van der Waals surface area contributed by atoms with Gasteiger partial charge >= 0.3 is 0 Å². The molecule has 0 aromatic heterocycles. The lowest BCUT2D eigenvalue weighted by molar-refractivity contribution is -0.435. The largest absolute Gasteiger partial charge is 0.364 e. The molecule has 1 nitrogen and oxygen atoms in total. The highest BCUT2D eigenvalue weighted by Gasteiger charge is 2.23. The average molecular weight is 181 g/mol. The third-order valence-corrected chi connectivity index (χ3v) is 4.92. The Bertz CT molecular complexity index is 242. The maximum absolute atomic E-state index is 2.43. The lowest BCUT2D eigenvalue weighted by Gasteiger charge is -2.35. The monoisotopic (exact) mass is 181 g/mol. The van der Waals surface area contributed by atoms with Crippen molar-refractivity contribution in [3.05, 3.63) is 17.9 Å². The quantitative estimate of drug-likeness (QED) is 0.307. The summed E-state index contributed by atoms with van der Waals surface area (Å²) in [7, 11) is 2.26. The van der Waals surface area contributed by atoms with E-state index in [9.17, 15) is 0 Å². The van der Waals surface area contributed by atoms with Gasteiger partial charge < -0.3 is 4.58 Å². The van der Waals surface area contributed by atoms with Gasteiger partial charge in [-0.1, -0.05) is 26.2 Å². The molecule has 2 rings (SSSR count). The molecule has 12 heavy (non-hydrogen) atoms. The predicted molar refractivity (Wildman–Crippen MR) is 55.1 cm³/mol. The van der Waals surface area contributed by atoms with E-state index in [1.165, 1.54) is 19.3 Å². The van der Waals surface area contributed by atoms with E-state index in [1.807, 2.05) is 0 Å². The standard InChI is InChI=1S/C10H16NP/c1-11-7-9-5-3-4-6-10(9)12(2)8-11/h5,7-8,10H,3-4,6H2,1-2H3. The minimum atomic E-state index is 0.113. The first-order valence-corrected chi connectivity index (χ1v) is 6.54. The third-order valence-electron chi connectivity index (χ3n) is 2.66. The summed E-state index contributed by atoms with van der Waals surface area (Å²) in [5, 5.41) is 0. The second-order valence-corrected chi connectivity index (χ2v) is 5.91. The van der Waals surface area contributed by atoms with E-state index in [0.717, 1.165) is 5.66 Å². The molecular weight excluding hydrogens is 165 g/mol. The van der Waals surface area contributed by atoms with E-state index in [0.29, 0.717) is 0 Å². The molecule has 0 spiro atoms. The zero-order chi connectivity index (χ0) is 8.55. The molecule has 0 N–H and O–H groups in total. The zero-order valence-electron chi connectivity index (χ0n) is 7.83. The Kier molecular flexibility index (Phi) is 2.23. The van der Waals surface area contributed by atoms with Gasteiger partial charge in [-0.05, 0) is 24.9 Å². The minimum Gasteiger partial charge on any atom is -0.364 e. The molecule has 0 saturated heterocycles. The summed E-state index contributed by atoms with van der Waals surface area (Å²) in [6.45, 7) is 2.39. The first-order chi connectivity index (χ1) is 5.77. The average Bonchev–Trinajstić information content (AvgIpc) is 2.04. The van der Waals surface area contributed by atoms with Crippen molar-refractivity contribution in [3.8, 4) is 0 Å². The number of hydrogen-bond donors (Lipinski definition) is 0. The molecule has 1 heterocycles. The van der Waals surface area contributed by atoms with Crippen molar-refractivity contribution in [1.82, 2.24) is 0 Å². The lowest BCUT2D eigenvalue weighted by atomic mass is 10.00. The van der Waals surface area contributed by atoms with E-state index in [-0.39, 0.29) is 7.92 Å². The van der Waals surface area contributed by atoms with Crippen LogP contribution in [0.5, 0.6) is 0 Å². The Hall–Kier alpha value is -0.290. The van der Waals surface area contributed by atoms with Crippen molar-refractivity contribution in [2.75, 3.05) is 13.7 Å². The van der Waals surface area contributed by atoms with Crippen LogP contribution in [0, 0.1) is 6.29 Å². The lowest BCUT2D eigenvalue weighted by Crippen LogP contribution is -2.23. The molecule has 0 aromatic carbocycles. The minimum absolute atomic E-state index is 0.113. The Balaban J connectivity index is 2.28. The van der Waals surface area contributed by atoms with E-state index in [1.54, 1.807) is 5.57 Å². The van der Waals surface area contributed by atoms with Crippen LogP contribution < -0.4 is 0 Å². The van der Waals surface area contributed by atoms with Crippen LogP contribution in [0.4, 0.5) is 0 Å². The van der Waals surface area contributed by atoms with E-state index in [2.05, 4.69) is 36.9 Å². The number of allylic oxidation sites excluding steroid dienone is 2. The van der Waals surface area contributed by atoms with Gasteiger partial charge in [-0.2, -0.15) is 0 Å². The molecule has 0 bridgehead atoms. The molecule has 0 saturated carbocycles. The number of hydrogen-bond acceptors (Lipinski definition) is 0. The van der Waals surface area contributed by atoms with Crippen molar-refractivity contribution in [2.24, 2.45) is 0 Å². The summed E-state index contributed by atoms with van der Waals surface area (Å²) in [4.78, 5) is 0. The molecule has 1 aliphatic heterocycles. The van der Waals surface area contributed by atoms with Gasteiger partial charge in [-0.15, -0.1) is 0 Å². The fraction of sp³-hybridized carbons (Fsp3) is 0.600. The molecule has 66 valence electrons. The van der Waals surface area contributed by atoms with Gasteiger partial charge in [-0.25, -0.2) is 0 Å². The van der Waals surface area contributed by atoms with Crippen LogP contribution in [0.25, 0.3) is 0 Å². The molecule has 2 heteroatoms. The molecule has 2 aliphatic rings. The second-order valence-electron chi connectivity index (χ2n) is 3.73. The van der Waals surface area contributed by atoms with Crippen LogP contribution in [-0.4, -0.2) is 30.2 Å². The SMILES string of the molecule is C[N+]1=CC2=CCCCC2P(C)[CH-]1. The first kappa shape index (κ1) is 8.31. The maximum Gasteiger partial charge on any atom is 0.105 e. The fourth-order valence-electron chi connectivity index (χ4n) is 2.10. The highest BCUT2D eigenvalue weighted by atomic mass is 31.1. The molecule has 2 unspecified atom stereocenters. The summed E-state index contributed by atoms with van der Waals surface area (Å²) in [6, 6.07) is 0. The number of rotatable bonds is 0. The first-order valence-electron chi connectivity index (χ1n) is 4.61. The third kappa shape index (κ3) is 1.43. The topological polar surface area (TPSA) is 3.01 Å². The smallest absolute Gasteiger partial charge is 0.105 e. The number of nitrogens with zero attached hydrogens (tertiary/aromatic N) is 1.